The summed E-state index contributed by atoms with van der Waals surface area (Å²) in [5.74, 6) is 0.167. The molecule has 0 bridgehead atoms. The quantitative estimate of drug-likeness (QED) is 0.849. The zero-order valence-electron chi connectivity index (χ0n) is 9.58. The minimum absolute atomic E-state index is 0.167. The Morgan fingerprint density at radius 1 is 1.53 bits per heavy atom. The Labute approximate surface area is 114 Å². The number of piperidine rings is 1. The van der Waals surface area contributed by atoms with Crippen molar-refractivity contribution < 1.29 is 9.53 Å². The van der Waals surface area contributed by atoms with E-state index in [9.17, 15) is 4.79 Å². The summed E-state index contributed by atoms with van der Waals surface area (Å²) in [7, 11) is 0. The van der Waals surface area contributed by atoms with Gasteiger partial charge in [0.25, 0.3) is 0 Å². The van der Waals surface area contributed by atoms with Gasteiger partial charge in [-0.2, -0.15) is 0 Å². The summed E-state index contributed by atoms with van der Waals surface area (Å²) in [5, 5.41) is 5.21. The van der Waals surface area contributed by atoms with Gasteiger partial charge in [0.2, 0.25) is 0 Å². The number of nitrogens with one attached hydrogen (secondary N) is 1. The average molecular weight is 318 g/mol. The lowest BCUT2D eigenvalue weighted by atomic mass is 10.1. The Hall–Kier alpha value is -0.230. The Kier molecular flexibility index (Phi) is 5.16. The molecule has 1 fully saturated rings. The van der Waals surface area contributed by atoms with E-state index in [4.69, 9.17) is 4.74 Å². The molecule has 0 aromatic carbocycles. The fraction of sp³-hybridized carbons (Fsp3) is 0.583. The van der Waals surface area contributed by atoms with Crippen LogP contribution in [0.5, 0.6) is 0 Å². The number of hydrogen-bond acceptors (Lipinski definition) is 4. The van der Waals surface area contributed by atoms with Crippen LogP contribution in [0.1, 0.15) is 28.9 Å². The highest BCUT2D eigenvalue weighted by Gasteiger charge is 2.15. The highest BCUT2D eigenvalue weighted by atomic mass is 79.9. The second kappa shape index (κ2) is 6.64. The van der Waals surface area contributed by atoms with Crippen molar-refractivity contribution in [3.05, 3.63) is 20.8 Å². The van der Waals surface area contributed by atoms with Crippen LogP contribution in [0.2, 0.25) is 0 Å². The molecule has 0 atom stereocenters. The van der Waals surface area contributed by atoms with Gasteiger partial charge in [0, 0.05) is 10.9 Å². The molecule has 1 aromatic heterocycles. The minimum Gasteiger partial charge on any atom is -0.378 e. The van der Waals surface area contributed by atoms with E-state index in [1.54, 1.807) is 0 Å². The number of Topliss-reactive ketones (excluding diaryl/α,β-unsaturated/α-hetero) is 1. The van der Waals surface area contributed by atoms with Gasteiger partial charge < -0.3 is 10.1 Å². The van der Waals surface area contributed by atoms with E-state index in [2.05, 4.69) is 21.2 Å². The molecular formula is C12H16BrNO2S. The molecule has 1 aliphatic heterocycles. The van der Waals surface area contributed by atoms with Crippen LogP contribution in [0.3, 0.4) is 0 Å². The van der Waals surface area contributed by atoms with E-state index in [1.807, 2.05) is 11.4 Å². The molecular weight excluding hydrogens is 302 g/mol. The molecule has 2 rings (SSSR count). The zero-order valence-corrected chi connectivity index (χ0v) is 12.0. The van der Waals surface area contributed by atoms with Crippen molar-refractivity contribution in [2.24, 2.45) is 0 Å². The third-order valence-electron chi connectivity index (χ3n) is 2.84. The predicted molar refractivity (Wildman–Crippen MR) is 72.8 cm³/mol. The molecule has 0 spiro atoms. The van der Waals surface area contributed by atoms with Gasteiger partial charge in [0.15, 0.2) is 5.78 Å². The Morgan fingerprint density at radius 2 is 2.29 bits per heavy atom. The fourth-order valence-electron chi connectivity index (χ4n) is 1.89. The number of hydrogen-bond donors (Lipinski definition) is 1. The molecule has 0 radical (unpaired) electrons. The van der Waals surface area contributed by atoms with Gasteiger partial charge in [-0.05, 0) is 53.3 Å². The maximum atomic E-state index is 11.9. The maximum absolute atomic E-state index is 11.9. The zero-order chi connectivity index (χ0) is 12.1. The molecule has 0 amide bonds. The summed E-state index contributed by atoms with van der Waals surface area (Å²) >= 11 is 4.86. The van der Waals surface area contributed by atoms with E-state index < -0.39 is 0 Å². The van der Waals surface area contributed by atoms with E-state index in [0.717, 1.165) is 35.3 Å². The van der Waals surface area contributed by atoms with Crippen molar-refractivity contribution in [3.63, 3.8) is 0 Å². The van der Waals surface area contributed by atoms with Gasteiger partial charge in [-0.3, -0.25) is 4.79 Å². The highest BCUT2D eigenvalue weighted by Crippen LogP contribution is 2.24. The van der Waals surface area contributed by atoms with Crippen LogP contribution in [0.15, 0.2) is 15.9 Å². The summed E-state index contributed by atoms with van der Waals surface area (Å²) < 4.78 is 6.62. The number of carbonyl (C=O) groups is 1. The van der Waals surface area contributed by atoms with E-state index >= 15 is 0 Å². The molecule has 0 saturated carbocycles. The lowest BCUT2D eigenvalue weighted by Gasteiger charge is -2.22. The molecule has 0 unspecified atom stereocenters. The third-order valence-corrected chi connectivity index (χ3v) is 4.72. The molecule has 17 heavy (non-hydrogen) atoms. The first-order valence-electron chi connectivity index (χ1n) is 5.86. The monoisotopic (exact) mass is 317 g/mol. The Balaban J connectivity index is 1.71. The van der Waals surface area contributed by atoms with Crippen LogP contribution in [-0.2, 0) is 4.74 Å². The minimum atomic E-state index is 0.167. The fourth-order valence-corrected chi connectivity index (χ4v) is 3.45. The van der Waals surface area contributed by atoms with E-state index in [1.165, 1.54) is 11.3 Å². The van der Waals surface area contributed by atoms with Crippen LogP contribution >= 0.6 is 27.3 Å². The molecule has 3 nitrogen and oxygen atoms in total. The van der Waals surface area contributed by atoms with Gasteiger partial charge in [-0.15, -0.1) is 11.3 Å². The second-order valence-corrected chi connectivity index (χ2v) is 5.86. The van der Waals surface area contributed by atoms with Gasteiger partial charge in [-0.25, -0.2) is 0 Å². The molecule has 94 valence electrons. The first-order chi connectivity index (χ1) is 8.27. The second-order valence-electron chi connectivity index (χ2n) is 4.09. The van der Waals surface area contributed by atoms with Crippen LogP contribution in [0.25, 0.3) is 0 Å². The SMILES string of the molecule is O=C(CCOC1CCNCC1)c1sccc1Br. The van der Waals surface area contributed by atoms with Gasteiger partial charge >= 0.3 is 0 Å². The number of ether oxygens (including phenoxy) is 1. The van der Waals surface area contributed by atoms with Crippen molar-refractivity contribution in [1.82, 2.24) is 5.32 Å². The molecule has 1 aromatic rings. The van der Waals surface area contributed by atoms with Gasteiger partial charge in [0.1, 0.15) is 0 Å². The summed E-state index contributed by atoms with van der Waals surface area (Å²) in [6.07, 6.45) is 2.91. The predicted octanol–water partition coefficient (Wildman–Crippen LogP) is 2.85. The molecule has 1 saturated heterocycles. The lowest BCUT2D eigenvalue weighted by Crippen LogP contribution is -2.32. The number of halogens is 1. The third kappa shape index (κ3) is 3.88. The maximum Gasteiger partial charge on any atom is 0.176 e. The Bertz CT molecular complexity index is 374. The van der Waals surface area contributed by atoms with Crippen LogP contribution in [0.4, 0.5) is 0 Å². The summed E-state index contributed by atoms with van der Waals surface area (Å²) in [6, 6.07) is 1.91. The molecule has 1 aliphatic rings. The number of rotatable bonds is 5. The summed E-state index contributed by atoms with van der Waals surface area (Å²) in [4.78, 5) is 12.7. The van der Waals surface area contributed by atoms with Crippen LogP contribution < -0.4 is 5.32 Å². The molecule has 0 aliphatic carbocycles. The smallest absolute Gasteiger partial charge is 0.176 e. The molecule has 1 N–H and O–H groups in total. The first kappa shape index (κ1) is 13.2. The number of thiophene rings is 1. The van der Waals surface area contributed by atoms with Crippen LogP contribution in [-0.4, -0.2) is 31.6 Å². The number of carbonyl (C=O) groups excluding carboxylic acids is 1. The molecule has 5 heteroatoms. The normalized spacial score (nSPS) is 17.2. The van der Waals surface area contributed by atoms with Crippen molar-refractivity contribution in [2.75, 3.05) is 19.7 Å². The molecule has 2 heterocycles. The number of ketones is 1. The lowest BCUT2D eigenvalue weighted by molar-refractivity contribution is 0.0314. The summed E-state index contributed by atoms with van der Waals surface area (Å²) in [6.45, 7) is 2.58. The van der Waals surface area contributed by atoms with Gasteiger partial charge in [0.05, 0.1) is 17.6 Å². The van der Waals surface area contributed by atoms with E-state index in [0.29, 0.717) is 19.1 Å². The van der Waals surface area contributed by atoms with Crippen LogP contribution in [0, 0.1) is 0 Å². The van der Waals surface area contributed by atoms with Crippen molar-refractivity contribution in [3.8, 4) is 0 Å². The highest BCUT2D eigenvalue weighted by molar-refractivity contribution is 9.10. The summed E-state index contributed by atoms with van der Waals surface area (Å²) in [5.41, 5.74) is 0. The first-order valence-corrected chi connectivity index (χ1v) is 7.53. The Morgan fingerprint density at radius 3 is 2.94 bits per heavy atom. The van der Waals surface area contributed by atoms with Crippen molar-refractivity contribution in [2.45, 2.75) is 25.4 Å². The van der Waals surface area contributed by atoms with Crippen molar-refractivity contribution in [1.29, 1.82) is 0 Å². The average Bonchev–Trinajstić information content (AvgIpc) is 2.77. The standard InChI is InChI=1S/C12H16BrNO2S/c13-10-4-8-17-12(10)11(15)3-7-16-9-1-5-14-6-2-9/h4,8-9,14H,1-3,5-7H2. The largest absolute Gasteiger partial charge is 0.378 e. The van der Waals surface area contributed by atoms with E-state index in [-0.39, 0.29) is 5.78 Å². The van der Waals surface area contributed by atoms with Gasteiger partial charge in [-0.1, -0.05) is 0 Å². The topological polar surface area (TPSA) is 38.3 Å². The van der Waals surface area contributed by atoms with Crippen molar-refractivity contribution >= 4 is 33.0 Å².